The molecular weight excluding hydrogens is 341 g/mol. The third kappa shape index (κ3) is 5.36. The summed E-state index contributed by atoms with van der Waals surface area (Å²) in [5.41, 5.74) is -3.32. The highest BCUT2D eigenvalue weighted by atomic mass is 19.4. The lowest BCUT2D eigenvalue weighted by Crippen LogP contribution is -2.43. The minimum absolute atomic E-state index is 0.0898. The zero-order chi connectivity index (χ0) is 18.9. The minimum atomic E-state index is -4.93. The number of ether oxygens (including phenoxy) is 1. The molecule has 0 bridgehead atoms. The van der Waals surface area contributed by atoms with Crippen LogP contribution in [0.15, 0.2) is 12.1 Å². The normalized spacial score (nSPS) is 12.0. The second-order valence-electron chi connectivity index (χ2n) is 5.77. The van der Waals surface area contributed by atoms with Crippen LogP contribution in [0.25, 0.3) is 0 Å². The number of carboxylic acid groups (broad SMARTS) is 1. The molecule has 0 fully saturated rings. The lowest BCUT2D eigenvalue weighted by atomic mass is 10.1. The Morgan fingerprint density at radius 2 is 1.67 bits per heavy atom. The molecule has 10 heteroatoms. The van der Waals surface area contributed by atoms with Gasteiger partial charge in [-0.3, -0.25) is 4.90 Å². The summed E-state index contributed by atoms with van der Waals surface area (Å²) in [4.78, 5) is 22.7. The second kappa shape index (κ2) is 6.62. The molecule has 0 unspecified atom stereocenters. The van der Waals surface area contributed by atoms with Crippen molar-refractivity contribution in [1.82, 2.24) is 0 Å². The molecule has 24 heavy (non-hydrogen) atoms. The zero-order valence-electron chi connectivity index (χ0n) is 12.9. The molecule has 0 aliphatic carbocycles. The molecule has 5 nitrogen and oxygen atoms in total. The van der Waals surface area contributed by atoms with Crippen molar-refractivity contribution in [2.24, 2.45) is 0 Å². The molecule has 1 N–H and O–H groups in total. The van der Waals surface area contributed by atoms with E-state index >= 15 is 0 Å². The van der Waals surface area contributed by atoms with Crippen LogP contribution in [-0.2, 0) is 4.74 Å². The van der Waals surface area contributed by atoms with Crippen molar-refractivity contribution in [2.75, 3.05) is 11.4 Å². The van der Waals surface area contributed by atoms with Gasteiger partial charge in [-0.05, 0) is 26.8 Å². The smallest absolute Gasteiger partial charge is 0.415 e. The molecule has 1 aromatic carbocycles. The van der Waals surface area contributed by atoms with E-state index in [2.05, 4.69) is 0 Å². The third-order valence-electron chi connectivity index (χ3n) is 2.51. The highest BCUT2D eigenvalue weighted by Crippen LogP contribution is 2.28. The van der Waals surface area contributed by atoms with Gasteiger partial charge in [0.1, 0.15) is 23.8 Å². The molecule has 1 amide bonds. The van der Waals surface area contributed by atoms with Crippen molar-refractivity contribution in [3.8, 4) is 0 Å². The lowest BCUT2D eigenvalue weighted by Gasteiger charge is -2.28. The first-order valence-electron chi connectivity index (χ1n) is 6.51. The quantitative estimate of drug-likeness (QED) is 0.834. The first kappa shape index (κ1) is 19.7. The molecule has 0 atom stereocenters. The third-order valence-corrected chi connectivity index (χ3v) is 2.51. The molecular formula is C14H14F5NO4. The topological polar surface area (TPSA) is 66.8 Å². The van der Waals surface area contributed by atoms with Crippen molar-refractivity contribution in [1.29, 1.82) is 0 Å². The number of rotatable bonds is 3. The summed E-state index contributed by atoms with van der Waals surface area (Å²) in [7, 11) is 0. The van der Waals surface area contributed by atoms with Crippen molar-refractivity contribution in [3.63, 3.8) is 0 Å². The minimum Gasteiger partial charge on any atom is -0.478 e. The summed E-state index contributed by atoms with van der Waals surface area (Å²) in [5.74, 6) is -4.85. The van der Waals surface area contributed by atoms with Crippen LogP contribution >= 0.6 is 0 Å². The van der Waals surface area contributed by atoms with Gasteiger partial charge in [0.05, 0.1) is 11.3 Å². The van der Waals surface area contributed by atoms with Crippen molar-refractivity contribution in [2.45, 2.75) is 32.5 Å². The van der Waals surface area contributed by atoms with E-state index in [4.69, 9.17) is 9.84 Å². The molecule has 0 spiro atoms. The molecule has 134 valence electrons. The number of carbonyl (C=O) groups excluding carboxylic acids is 1. The maximum Gasteiger partial charge on any atom is 0.415 e. The second-order valence-corrected chi connectivity index (χ2v) is 5.77. The van der Waals surface area contributed by atoms with Gasteiger partial charge in [-0.25, -0.2) is 18.4 Å². The number of amides is 1. The predicted molar refractivity (Wildman–Crippen MR) is 73.0 cm³/mol. The van der Waals surface area contributed by atoms with Crippen LogP contribution in [0.3, 0.4) is 0 Å². The van der Waals surface area contributed by atoms with Gasteiger partial charge < -0.3 is 9.84 Å². The number of benzene rings is 1. The fraction of sp³-hybridized carbons (Fsp3) is 0.429. The van der Waals surface area contributed by atoms with E-state index in [1.54, 1.807) is 0 Å². The largest absolute Gasteiger partial charge is 0.478 e. The van der Waals surface area contributed by atoms with Gasteiger partial charge in [0.25, 0.3) is 0 Å². The van der Waals surface area contributed by atoms with Gasteiger partial charge in [-0.2, -0.15) is 13.2 Å². The predicted octanol–water partition coefficient (Wildman–Crippen LogP) is 3.97. The molecule has 1 rings (SSSR count). The fourth-order valence-corrected chi connectivity index (χ4v) is 1.65. The van der Waals surface area contributed by atoms with Crippen LogP contribution in [0.1, 0.15) is 31.1 Å². The van der Waals surface area contributed by atoms with Gasteiger partial charge in [0.15, 0.2) is 0 Å². The van der Waals surface area contributed by atoms with Crippen molar-refractivity contribution >= 4 is 17.7 Å². The highest BCUT2D eigenvalue weighted by Gasteiger charge is 2.37. The average Bonchev–Trinajstić information content (AvgIpc) is 2.32. The molecule has 1 aromatic rings. The Kier molecular flexibility index (Phi) is 5.42. The molecule has 0 heterocycles. The lowest BCUT2D eigenvalue weighted by molar-refractivity contribution is -0.119. The molecule has 0 aliphatic rings. The highest BCUT2D eigenvalue weighted by molar-refractivity contribution is 5.93. The Labute approximate surface area is 133 Å². The number of anilines is 1. The maximum atomic E-state index is 13.9. The monoisotopic (exact) mass is 355 g/mol. The Morgan fingerprint density at radius 3 is 2.08 bits per heavy atom. The average molecular weight is 355 g/mol. The fourth-order valence-electron chi connectivity index (χ4n) is 1.65. The summed E-state index contributed by atoms with van der Waals surface area (Å²) >= 11 is 0. The Bertz CT molecular complexity index is 652. The van der Waals surface area contributed by atoms with Gasteiger partial charge in [-0.1, -0.05) is 0 Å². The van der Waals surface area contributed by atoms with Gasteiger partial charge in [0.2, 0.25) is 0 Å². The van der Waals surface area contributed by atoms with Gasteiger partial charge in [0, 0.05) is 6.07 Å². The van der Waals surface area contributed by atoms with E-state index < -0.39 is 53.3 Å². The van der Waals surface area contributed by atoms with E-state index in [1.807, 2.05) is 0 Å². The van der Waals surface area contributed by atoms with Crippen LogP contribution in [0.4, 0.5) is 32.4 Å². The summed E-state index contributed by atoms with van der Waals surface area (Å²) < 4.78 is 70.1. The van der Waals surface area contributed by atoms with Crippen LogP contribution < -0.4 is 4.90 Å². The summed E-state index contributed by atoms with van der Waals surface area (Å²) in [6.07, 6.45) is -6.48. The van der Waals surface area contributed by atoms with E-state index in [0.29, 0.717) is 6.07 Å². The maximum absolute atomic E-state index is 13.9. The number of hydrogen-bond donors (Lipinski definition) is 1. The van der Waals surface area contributed by atoms with Crippen LogP contribution in [-0.4, -0.2) is 35.5 Å². The number of hydrogen-bond acceptors (Lipinski definition) is 3. The van der Waals surface area contributed by atoms with E-state index in [1.165, 1.54) is 20.8 Å². The first-order chi connectivity index (χ1) is 10.7. The number of halogens is 5. The summed E-state index contributed by atoms with van der Waals surface area (Å²) in [5, 5.41) is 8.80. The molecule has 0 saturated heterocycles. The molecule has 0 saturated carbocycles. The van der Waals surface area contributed by atoms with Crippen LogP contribution in [0.5, 0.6) is 0 Å². The van der Waals surface area contributed by atoms with Crippen molar-refractivity contribution < 1.29 is 41.4 Å². The summed E-state index contributed by atoms with van der Waals surface area (Å²) in [6.45, 7) is 2.19. The Balaban J connectivity index is 3.41. The number of aromatic carboxylic acids is 1. The van der Waals surface area contributed by atoms with E-state index in [0.717, 1.165) is 0 Å². The molecule has 0 aromatic heterocycles. The summed E-state index contributed by atoms with van der Waals surface area (Å²) in [6, 6.07) is 0.398. The van der Waals surface area contributed by atoms with E-state index in [9.17, 15) is 31.5 Å². The number of alkyl halides is 3. The molecule has 0 radical (unpaired) electrons. The standard InChI is InChI=1S/C14H14F5NO4/c1-13(2,3)24-12(23)20(6-14(17,18)19)10-4-7(11(21)22)8(15)5-9(10)16/h4-5H,6H2,1-3H3,(H,21,22). The van der Waals surface area contributed by atoms with Gasteiger partial charge >= 0.3 is 18.2 Å². The Morgan fingerprint density at radius 1 is 1.12 bits per heavy atom. The first-order valence-corrected chi connectivity index (χ1v) is 6.51. The number of nitrogens with zero attached hydrogens (tertiary/aromatic N) is 1. The van der Waals surface area contributed by atoms with Crippen LogP contribution in [0, 0.1) is 11.6 Å². The Hall–Kier alpha value is -2.39. The number of carbonyl (C=O) groups is 2. The number of carboxylic acids is 1. The van der Waals surface area contributed by atoms with E-state index in [-0.39, 0.29) is 11.0 Å². The SMILES string of the molecule is CC(C)(C)OC(=O)N(CC(F)(F)F)c1cc(C(=O)O)c(F)cc1F. The van der Waals surface area contributed by atoms with Crippen LogP contribution in [0.2, 0.25) is 0 Å². The van der Waals surface area contributed by atoms with Gasteiger partial charge in [-0.15, -0.1) is 0 Å². The molecule has 0 aliphatic heterocycles. The van der Waals surface area contributed by atoms with Crippen molar-refractivity contribution in [3.05, 3.63) is 29.3 Å². The zero-order valence-corrected chi connectivity index (χ0v) is 12.9.